The minimum atomic E-state index is 0.940. The zero-order valence-electron chi connectivity index (χ0n) is 12.0. The van der Waals surface area contributed by atoms with Gasteiger partial charge in [0.2, 0.25) is 0 Å². The van der Waals surface area contributed by atoms with Crippen LogP contribution in [0.25, 0.3) is 0 Å². The van der Waals surface area contributed by atoms with Gasteiger partial charge < -0.3 is 9.80 Å². The minimum Gasteiger partial charge on any atom is -0.355 e. The topological polar surface area (TPSA) is 45.2 Å². The van der Waals surface area contributed by atoms with Crippen molar-refractivity contribution in [2.45, 2.75) is 13.3 Å². The second-order valence-corrected chi connectivity index (χ2v) is 6.00. The van der Waals surface area contributed by atoms with Crippen molar-refractivity contribution in [3.05, 3.63) is 40.6 Å². The number of hydrogen-bond acceptors (Lipinski definition) is 5. The Morgan fingerprint density at radius 2 is 1.76 bits per heavy atom. The third-order valence-corrected chi connectivity index (χ3v) is 4.55. The number of aromatic nitrogens is 3. The average Bonchev–Trinajstić information content (AvgIpc) is 2.77. The highest BCUT2D eigenvalue weighted by atomic mass is 79.9. The van der Waals surface area contributed by atoms with Gasteiger partial charge in [-0.25, -0.2) is 4.98 Å². The first-order valence-electron chi connectivity index (χ1n) is 7.15. The fourth-order valence-electron chi connectivity index (χ4n) is 2.54. The minimum absolute atomic E-state index is 0.940. The van der Waals surface area contributed by atoms with Gasteiger partial charge in [-0.1, -0.05) is 0 Å². The molecular weight excluding hydrogens is 330 g/mol. The first kappa shape index (κ1) is 14.3. The van der Waals surface area contributed by atoms with Crippen LogP contribution in [0, 0.1) is 6.92 Å². The lowest BCUT2D eigenvalue weighted by atomic mass is 10.3. The van der Waals surface area contributed by atoms with Crippen molar-refractivity contribution in [3.63, 3.8) is 0 Å². The fraction of sp³-hybridized carbons (Fsp3) is 0.400. The van der Waals surface area contributed by atoms with Gasteiger partial charge in [0.15, 0.2) is 5.82 Å². The summed E-state index contributed by atoms with van der Waals surface area (Å²) in [6, 6.07) is 8.10. The second kappa shape index (κ2) is 6.39. The van der Waals surface area contributed by atoms with E-state index < -0.39 is 0 Å². The Balaban J connectivity index is 1.72. The number of halogens is 1. The summed E-state index contributed by atoms with van der Waals surface area (Å²) in [6.07, 6.45) is 2.80. The average molecular weight is 348 g/mol. The van der Waals surface area contributed by atoms with Crippen LogP contribution in [0.1, 0.15) is 12.1 Å². The molecule has 6 heteroatoms. The van der Waals surface area contributed by atoms with E-state index in [0.717, 1.165) is 54.4 Å². The van der Waals surface area contributed by atoms with E-state index in [-0.39, 0.29) is 0 Å². The van der Waals surface area contributed by atoms with Crippen molar-refractivity contribution in [2.75, 3.05) is 36.0 Å². The lowest BCUT2D eigenvalue weighted by Crippen LogP contribution is -2.31. The van der Waals surface area contributed by atoms with Crippen LogP contribution in [-0.2, 0) is 0 Å². The predicted molar refractivity (Wildman–Crippen MR) is 87.7 cm³/mol. The van der Waals surface area contributed by atoms with E-state index in [1.54, 1.807) is 6.20 Å². The van der Waals surface area contributed by atoms with Crippen molar-refractivity contribution in [1.82, 2.24) is 15.2 Å². The molecule has 0 saturated carbocycles. The maximum absolute atomic E-state index is 4.67. The molecule has 0 unspecified atom stereocenters. The molecule has 3 heterocycles. The zero-order chi connectivity index (χ0) is 14.7. The van der Waals surface area contributed by atoms with E-state index in [9.17, 15) is 0 Å². The first-order valence-corrected chi connectivity index (χ1v) is 7.94. The highest BCUT2D eigenvalue weighted by Gasteiger charge is 2.17. The summed E-state index contributed by atoms with van der Waals surface area (Å²) < 4.78 is 1.06. The lowest BCUT2D eigenvalue weighted by molar-refractivity contribution is 0.785. The van der Waals surface area contributed by atoms with E-state index in [0.29, 0.717) is 0 Å². The standard InChI is InChI=1S/C15H18BrN5/c1-12-13(16)5-6-14(18-12)20-8-3-9-21(11-10-20)15-4-2-7-17-19-15/h2,4-7H,3,8-11H2,1H3. The van der Waals surface area contributed by atoms with Gasteiger partial charge in [-0.05, 0) is 53.5 Å². The molecule has 0 aromatic carbocycles. The van der Waals surface area contributed by atoms with Crippen molar-refractivity contribution < 1.29 is 0 Å². The summed E-state index contributed by atoms with van der Waals surface area (Å²) in [5.41, 5.74) is 1.03. The monoisotopic (exact) mass is 347 g/mol. The highest BCUT2D eigenvalue weighted by Crippen LogP contribution is 2.21. The van der Waals surface area contributed by atoms with Crippen LogP contribution in [0.2, 0.25) is 0 Å². The van der Waals surface area contributed by atoms with Crippen LogP contribution in [0.3, 0.4) is 0 Å². The van der Waals surface area contributed by atoms with Crippen LogP contribution >= 0.6 is 15.9 Å². The molecule has 0 atom stereocenters. The Labute approximate surface area is 133 Å². The number of nitrogens with zero attached hydrogens (tertiary/aromatic N) is 5. The molecule has 1 saturated heterocycles. The number of hydrogen-bond donors (Lipinski definition) is 0. The maximum atomic E-state index is 4.67. The Morgan fingerprint density at radius 3 is 2.43 bits per heavy atom. The van der Waals surface area contributed by atoms with Gasteiger partial charge in [0.25, 0.3) is 0 Å². The smallest absolute Gasteiger partial charge is 0.151 e. The van der Waals surface area contributed by atoms with Gasteiger partial charge in [-0.3, -0.25) is 0 Å². The molecule has 3 rings (SSSR count). The third kappa shape index (κ3) is 3.32. The number of aryl methyl sites for hydroxylation is 1. The Bertz CT molecular complexity index is 604. The van der Waals surface area contributed by atoms with Gasteiger partial charge in [0, 0.05) is 36.8 Å². The number of rotatable bonds is 2. The molecule has 1 aliphatic heterocycles. The van der Waals surface area contributed by atoms with Crippen LogP contribution in [0.4, 0.5) is 11.6 Å². The van der Waals surface area contributed by atoms with Crippen molar-refractivity contribution in [2.24, 2.45) is 0 Å². The molecule has 2 aromatic rings. The molecule has 2 aromatic heterocycles. The molecule has 0 amide bonds. The van der Waals surface area contributed by atoms with Gasteiger partial charge in [-0.15, -0.1) is 5.10 Å². The van der Waals surface area contributed by atoms with Crippen LogP contribution in [0.5, 0.6) is 0 Å². The molecule has 110 valence electrons. The van der Waals surface area contributed by atoms with Crippen molar-refractivity contribution in [3.8, 4) is 0 Å². The van der Waals surface area contributed by atoms with Crippen LogP contribution in [0.15, 0.2) is 34.9 Å². The lowest BCUT2D eigenvalue weighted by Gasteiger charge is -2.23. The summed E-state index contributed by atoms with van der Waals surface area (Å²) >= 11 is 3.50. The molecule has 0 N–H and O–H groups in total. The van der Waals surface area contributed by atoms with Crippen LogP contribution < -0.4 is 9.80 Å². The summed E-state index contributed by atoms with van der Waals surface area (Å²) in [7, 11) is 0. The first-order chi connectivity index (χ1) is 10.2. The zero-order valence-corrected chi connectivity index (χ0v) is 13.6. The van der Waals surface area contributed by atoms with Gasteiger partial charge in [0.05, 0.1) is 5.69 Å². The molecule has 0 bridgehead atoms. The van der Waals surface area contributed by atoms with Gasteiger partial charge >= 0.3 is 0 Å². The predicted octanol–water partition coefficient (Wildman–Crippen LogP) is 2.66. The third-order valence-electron chi connectivity index (χ3n) is 3.71. The molecule has 1 fully saturated rings. The summed E-state index contributed by atoms with van der Waals surface area (Å²) in [5.74, 6) is 2.01. The maximum Gasteiger partial charge on any atom is 0.151 e. The second-order valence-electron chi connectivity index (χ2n) is 5.15. The van der Waals surface area contributed by atoms with Crippen molar-refractivity contribution >= 4 is 27.6 Å². The van der Waals surface area contributed by atoms with Gasteiger partial charge in [0.1, 0.15) is 5.82 Å². The normalized spacial score (nSPS) is 15.9. The molecule has 0 aliphatic carbocycles. The fourth-order valence-corrected chi connectivity index (χ4v) is 2.77. The highest BCUT2D eigenvalue weighted by molar-refractivity contribution is 9.10. The van der Waals surface area contributed by atoms with Crippen molar-refractivity contribution in [1.29, 1.82) is 0 Å². The van der Waals surface area contributed by atoms with E-state index in [1.165, 1.54) is 0 Å². The molecule has 0 spiro atoms. The largest absolute Gasteiger partial charge is 0.355 e. The van der Waals surface area contributed by atoms with E-state index in [1.807, 2.05) is 19.1 Å². The molecule has 1 aliphatic rings. The quantitative estimate of drug-likeness (QED) is 0.835. The van der Waals surface area contributed by atoms with Crippen LogP contribution in [-0.4, -0.2) is 41.4 Å². The summed E-state index contributed by atoms with van der Waals surface area (Å²) in [6.45, 7) is 5.94. The molecule has 21 heavy (non-hydrogen) atoms. The Kier molecular flexibility index (Phi) is 4.34. The number of pyridine rings is 1. The SMILES string of the molecule is Cc1nc(N2CCCN(c3cccnn3)CC2)ccc1Br. The Morgan fingerprint density at radius 1 is 1.00 bits per heavy atom. The van der Waals surface area contributed by atoms with E-state index >= 15 is 0 Å². The van der Waals surface area contributed by atoms with E-state index in [4.69, 9.17) is 0 Å². The van der Waals surface area contributed by atoms with Gasteiger partial charge in [-0.2, -0.15) is 5.10 Å². The molecular formula is C15H18BrN5. The number of anilines is 2. The summed E-state index contributed by atoms with van der Waals surface area (Å²) in [4.78, 5) is 9.30. The molecule has 5 nitrogen and oxygen atoms in total. The van der Waals surface area contributed by atoms with E-state index in [2.05, 4.69) is 53.0 Å². The molecule has 0 radical (unpaired) electrons. The Hall–Kier alpha value is -1.69. The summed E-state index contributed by atoms with van der Waals surface area (Å²) in [5, 5.41) is 8.17.